The van der Waals surface area contributed by atoms with Crippen LogP contribution in [-0.4, -0.2) is 15.0 Å². The highest BCUT2D eigenvalue weighted by molar-refractivity contribution is 5.95. The molecule has 0 atom stereocenters. The molecular formula is C22H17N3. The molecule has 0 aliphatic rings. The van der Waals surface area contributed by atoms with Crippen LogP contribution in [0, 0.1) is 6.92 Å². The van der Waals surface area contributed by atoms with Crippen molar-refractivity contribution in [2.45, 2.75) is 6.92 Å². The van der Waals surface area contributed by atoms with Gasteiger partial charge in [-0.2, -0.15) is 0 Å². The fourth-order valence-corrected chi connectivity index (χ4v) is 2.95. The van der Waals surface area contributed by atoms with Crippen LogP contribution in [0.25, 0.3) is 39.8 Å². The molecule has 2 aromatic heterocycles. The van der Waals surface area contributed by atoms with E-state index < -0.39 is 0 Å². The molecule has 0 amide bonds. The van der Waals surface area contributed by atoms with Crippen molar-refractivity contribution >= 4 is 17.0 Å². The van der Waals surface area contributed by atoms with E-state index in [0.717, 1.165) is 39.1 Å². The van der Waals surface area contributed by atoms with Crippen LogP contribution in [0.4, 0.5) is 0 Å². The summed E-state index contributed by atoms with van der Waals surface area (Å²) in [4.78, 5) is 14.2. The van der Waals surface area contributed by atoms with E-state index >= 15 is 0 Å². The Kier molecular flexibility index (Phi) is 3.82. The largest absolute Gasteiger partial charge is 0.250 e. The van der Waals surface area contributed by atoms with Crippen molar-refractivity contribution in [1.29, 1.82) is 0 Å². The molecule has 25 heavy (non-hydrogen) atoms. The topological polar surface area (TPSA) is 38.7 Å². The summed E-state index contributed by atoms with van der Waals surface area (Å²) in [6, 6.07) is 22.1. The summed E-state index contributed by atoms with van der Waals surface area (Å²) in [6.45, 7) is 5.90. The molecule has 2 aromatic carbocycles. The lowest BCUT2D eigenvalue weighted by Gasteiger charge is -2.11. The molecule has 2 heterocycles. The normalized spacial score (nSPS) is 10.8. The summed E-state index contributed by atoms with van der Waals surface area (Å²) >= 11 is 0. The van der Waals surface area contributed by atoms with E-state index in [1.54, 1.807) is 0 Å². The van der Waals surface area contributed by atoms with Gasteiger partial charge in [-0.25, -0.2) is 15.0 Å². The zero-order chi connectivity index (χ0) is 17.2. The molecule has 0 aliphatic heterocycles. The predicted octanol–water partition coefficient (Wildman–Crippen LogP) is 5.31. The van der Waals surface area contributed by atoms with Gasteiger partial charge in [-0.15, -0.1) is 0 Å². The van der Waals surface area contributed by atoms with Crippen molar-refractivity contribution in [1.82, 2.24) is 15.0 Å². The third-order valence-electron chi connectivity index (χ3n) is 4.16. The van der Waals surface area contributed by atoms with E-state index in [1.807, 2.05) is 67.6 Å². The number of fused-ring (bicyclic) bond motifs is 1. The lowest BCUT2D eigenvalue weighted by Crippen LogP contribution is -1.98. The van der Waals surface area contributed by atoms with Gasteiger partial charge in [0.25, 0.3) is 0 Å². The number of hydrogen-bond donors (Lipinski definition) is 0. The molecule has 0 saturated carbocycles. The molecule has 0 aliphatic carbocycles. The lowest BCUT2D eigenvalue weighted by atomic mass is 10.0. The number of benzene rings is 2. The molecule has 0 fully saturated rings. The summed E-state index contributed by atoms with van der Waals surface area (Å²) < 4.78 is 0. The first-order chi connectivity index (χ1) is 12.3. The molecule has 3 heteroatoms. The number of hydrogen-bond acceptors (Lipinski definition) is 3. The molecular weight excluding hydrogens is 306 g/mol. The van der Waals surface area contributed by atoms with Gasteiger partial charge in [0.15, 0.2) is 5.82 Å². The maximum atomic E-state index is 4.87. The first-order valence-corrected chi connectivity index (χ1v) is 8.19. The smallest absolute Gasteiger partial charge is 0.179 e. The zero-order valence-electron chi connectivity index (χ0n) is 14.0. The van der Waals surface area contributed by atoms with E-state index in [1.165, 1.54) is 0 Å². The van der Waals surface area contributed by atoms with Gasteiger partial charge in [0, 0.05) is 16.6 Å². The van der Waals surface area contributed by atoms with Crippen LogP contribution in [0.3, 0.4) is 0 Å². The van der Waals surface area contributed by atoms with E-state index in [9.17, 15) is 0 Å². The number of nitrogens with zero attached hydrogens (tertiary/aromatic N) is 3. The molecule has 120 valence electrons. The predicted molar refractivity (Wildman–Crippen MR) is 103 cm³/mol. The number of para-hydroxylation sites is 1. The summed E-state index contributed by atoms with van der Waals surface area (Å²) in [6.07, 6.45) is 1.86. The van der Waals surface area contributed by atoms with E-state index in [-0.39, 0.29) is 0 Å². The molecule has 0 spiro atoms. The highest BCUT2D eigenvalue weighted by Crippen LogP contribution is 2.31. The molecule has 0 radical (unpaired) electrons. The van der Waals surface area contributed by atoms with Crippen LogP contribution in [0.15, 0.2) is 73.3 Å². The van der Waals surface area contributed by atoms with Gasteiger partial charge in [-0.3, -0.25) is 0 Å². The number of aromatic nitrogens is 3. The van der Waals surface area contributed by atoms with Gasteiger partial charge >= 0.3 is 0 Å². The second kappa shape index (κ2) is 6.29. The Morgan fingerprint density at radius 1 is 0.800 bits per heavy atom. The highest BCUT2D eigenvalue weighted by Gasteiger charge is 2.13. The third kappa shape index (κ3) is 2.81. The van der Waals surface area contributed by atoms with Gasteiger partial charge in [0.1, 0.15) is 5.69 Å². The fraction of sp³-hybridized carbons (Fsp3) is 0.0455. The zero-order valence-corrected chi connectivity index (χ0v) is 14.0. The molecule has 0 bridgehead atoms. The Morgan fingerprint density at radius 2 is 1.60 bits per heavy atom. The molecule has 4 aromatic rings. The molecule has 0 saturated heterocycles. The average molecular weight is 323 g/mol. The lowest BCUT2D eigenvalue weighted by molar-refractivity contribution is 1.14. The second-order valence-corrected chi connectivity index (χ2v) is 5.87. The molecule has 0 N–H and O–H groups in total. The first kappa shape index (κ1) is 15.2. The van der Waals surface area contributed by atoms with Crippen molar-refractivity contribution in [2.24, 2.45) is 0 Å². The van der Waals surface area contributed by atoms with Gasteiger partial charge in [-0.05, 0) is 30.7 Å². The Balaban J connectivity index is 2.04. The number of rotatable bonds is 3. The number of aryl methyl sites for hydroxylation is 1. The average Bonchev–Trinajstić information content (AvgIpc) is 2.67. The van der Waals surface area contributed by atoms with Crippen LogP contribution in [0.2, 0.25) is 0 Å². The van der Waals surface area contributed by atoms with Crippen LogP contribution in [0.1, 0.15) is 11.3 Å². The van der Waals surface area contributed by atoms with Crippen molar-refractivity contribution < 1.29 is 0 Å². The molecule has 0 unspecified atom stereocenters. The summed E-state index contributed by atoms with van der Waals surface area (Å²) in [7, 11) is 0. The van der Waals surface area contributed by atoms with Gasteiger partial charge in [-0.1, -0.05) is 61.2 Å². The Labute approximate surface area is 146 Å². The standard InChI is InChI=1S/C22H17N3/c1-3-16-10-4-5-11-17(16)21-18-12-6-7-13-19(18)24-22(25-21)20-14-8-9-15(2)23-20/h3-14H,1H2,2H3. The maximum Gasteiger partial charge on any atom is 0.179 e. The van der Waals surface area contributed by atoms with E-state index in [0.29, 0.717) is 5.82 Å². The minimum Gasteiger partial charge on any atom is -0.250 e. The monoisotopic (exact) mass is 323 g/mol. The fourth-order valence-electron chi connectivity index (χ4n) is 2.95. The highest BCUT2D eigenvalue weighted by atomic mass is 14.9. The van der Waals surface area contributed by atoms with E-state index in [2.05, 4.69) is 23.7 Å². The third-order valence-corrected chi connectivity index (χ3v) is 4.16. The summed E-state index contributed by atoms with van der Waals surface area (Å²) in [5.41, 5.74) is 5.63. The van der Waals surface area contributed by atoms with Gasteiger partial charge in [0.2, 0.25) is 0 Å². The van der Waals surface area contributed by atoms with Crippen LogP contribution in [0.5, 0.6) is 0 Å². The van der Waals surface area contributed by atoms with E-state index in [4.69, 9.17) is 9.97 Å². The van der Waals surface area contributed by atoms with Crippen molar-refractivity contribution in [3.8, 4) is 22.8 Å². The van der Waals surface area contributed by atoms with Crippen molar-refractivity contribution in [3.63, 3.8) is 0 Å². The minimum atomic E-state index is 0.635. The quantitative estimate of drug-likeness (QED) is 0.513. The SMILES string of the molecule is C=Cc1ccccc1-c1nc(-c2cccc(C)n2)nc2ccccc12. The minimum absolute atomic E-state index is 0.635. The summed E-state index contributed by atoms with van der Waals surface area (Å²) in [5, 5.41) is 1.02. The van der Waals surface area contributed by atoms with Crippen LogP contribution in [-0.2, 0) is 0 Å². The maximum absolute atomic E-state index is 4.87. The van der Waals surface area contributed by atoms with Gasteiger partial charge in [0.05, 0.1) is 11.2 Å². The van der Waals surface area contributed by atoms with Crippen LogP contribution < -0.4 is 0 Å². The van der Waals surface area contributed by atoms with Crippen molar-refractivity contribution in [3.05, 3.63) is 84.6 Å². The van der Waals surface area contributed by atoms with Crippen molar-refractivity contribution in [2.75, 3.05) is 0 Å². The second-order valence-electron chi connectivity index (χ2n) is 5.87. The Morgan fingerprint density at radius 3 is 2.44 bits per heavy atom. The first-order valence-electron chi connectivity index (χ1n) is 8.19. The molecule has 3 nitrogen and oxygen atoms in total. The van der Waals surface area contributed by atoms with Crippen LogP contribution >= 0.6 is 0 Å². The Bertz CT molecular complexity index is 1080. The Hall–Kier alpha value is -3.33. The number of pyridine rings is 1. The van der Waals surface area contributed by atoms with Gasteiger partial charge < -0.3 is 0 Å². The molecule has 4 rings (SSSR count). The summed E-state index contributed by atoms with van der Waals surface area (Å²) in [5.74, 6) is 0.635.